The zero-order valence-corrected chi connectivity index (χ0v) is 25.9. The highest BCUT2D eigenvalue weighted by molar-refractivity contribution is 5.99. The van der Waals surface area contributed by atoms with Crippen LogP contribution in [0.2, 0.25) is 0 Å². The summed E-state index contributed by atoms with van der Waals surface area (Å²) in [6.07, 6.45) is 5.77. The number of hydrogen-bond donors (Lipinski definition) is 4. The average molecular weight is 602 g/mol. The maximum atomic E-state index is 12.7. The van der Waals surface area contributed by atoms with Crippen LogP contribution in [-0.2, 0) is 16.6 Å². The highest BCUT2D eigenvalue weighted by Crippen LogP contribution is 2.22. The number of carbonyl (C=O) groups excluding carboxylic acids is 3. The van der Waals surface area contributed by atoms with Crippen molar-refractivity contribution in [2.45, 2.75) is 77.7 Å². The van der Waals surface area contributed by atoms with Crippen molar-refractivity contribution in [3.8, 4) is 5.75 Å². The Balaban J connectivity index is 1.48. The molecule has 3 rings (SSSR count). The Kier molecular flexibility index (Phi) is 12.5. The Morgan fingerprint density at radius 1 is 0.705 bits per heavy atom. The lowest BCUT2D eigenvalue weighted by Crippen LogP contribution is -2.42. The molecule has 0 unspecified atom stereocenters. The Morgan fingerprint density at radius 2 is 1.20 bits per heavy atom. The van der Waals surface area contributed by atoms with Crippen molar-refractivity contribution in [3.63, 3.8) is 0 Å². The molecule has 0 saturated carbocycles. The van der Waals surface area contributed by atoms with Crippen LogP contribution in [0.4, 0.5) is 0 Å². The van der Waals surface area contributed by atoms with Crippen molar-refractivity contribution < 1.29 is 29.0 Å². The molecular weight excluding hydrogens is 558 g/mol. The van der Waals surface area contributed by atoms with E-state index in [0.29, 0.717) is 29.0 Å². The molecule has 0 aliphatic carbocycles. The molecule has 0 fully saturated rings. The third kappa shape index (κ3) is 10.6. The standard InChI is InChI=1S/C35H43N3O6/c1-5-6-7-8-9-22-44-29-20-16-27(17-21-29)33(41)38-37-32(40)26-12-10-24(11-13-26)23-30(34(42)43)36-31(39)25-14-18-28(19-15-25)35(2,3)4/h10-21,30H,5-9,22-23H2,1-4H3,(H,36,39)(H,37,40)(H,38,41)(H,42,43)/t30-/m0/s1. The molecule has 9 heteroatoms. The highest BCUT2D eigenvalue weighted by atomic mass is 16.5. The van der Waals surface area contributed by atoms with Crippen molar-refractivity contribution in [3.05, 3.63) is 101 Å². The Labute approximate surface area is 259 Å². The second-order valence-corrected chi connectivity index (χ2v) is 11.8. The first-order valence-corrected chi connectivity index (χ1v) is 15.0. The van der Waals surface area contributed by atoms with Crippen LogP contribution in [0.3, 0.4) is 0 Å². The summed E-state index contributed by atoms with van der Waals surface area (Å²) in [6.45, 7) is 9.01. The fourth-order valence-electron chi connectivity index (χ4n) is 4.45. The van der Waals surface area contributed by atoms with E-state index in [2.05, 4.69) is 43.9 Å². The molecule has 0 aliphatic heterocycles. The predicted octanol–water partition coefficient (Wildman–Crippen LogP) is 5.83. The molecule has 0 spiro atoms. The molecule has 3 aromatic carbocycles. The van der Waals surface area contributed by atoms with Crippen molar-refractivity contribution in [2.24, 2.45) is 0 Å². The van der Waals surface area contributed by atoms with E-state index in [9.17, 15) is 24.3 Å². The van der Waals surface area contributed by atoms with Gasteiger partial charge in [-0.1, -0.05) is 77.6 Å². The molecule has 0 heterocycles. The number of carboxylic acids is 1. The zero-order chi connectivity index (χ0) is 32.1. The third-order valence-electron chi connectivity index (χ3n) is 7.20. The quantitative estimate of drug-likeness (QED) is 0.136. The van der Waals surface area contributed by atoms with E-state index < -0.39 is 29.7 Å². The first-order valence-electron chi connectivity index (χ1n) is 15.0. The summed E-state index contributed by atoms with van der Waals surface area (Å²) in [5.74, 6) is -1.98. The van der Waals surface area contributed by atoms with Gasteiger partial charge in [-0.05, 0) is 71.5 Å². The highest BCUT2D eigenvalue weighted by Gasteiger charge is 2.22. The number of benzene rings is 3. The Morgan fingerprint density at radius 3 is 1.73 bits per heavy atom. The van der Waals surface area contributed by atoms with E-state index >= 15 is 0 Å². The van der Waals surface area contributed by atoms with Crippen LogP contribution >= 0.6 is 0 Å². The fraction of sp³-hybridized carbons (Fsp3) is 0.371. The summed E-state index contributed by atoms with van der Waals surface area (Å²) in [6, 6.07) is 18.9. The number of nitrogens with one attached hydrogen (secondary N) is 3. The SMILES string of the molecule is CCCCCCCOc1ccc(C(=O)NNC(=O)c2ccc(C[C@H](NC(=O)c3ccc(C(C)(C)C)cc3)C(=O)O)cc2)cc1. The Hall–Kier alpha value is -4.66. The molecule has 234 valence electrons. The summed E-state index contributed by atoms with van der Waals surface area (Å²) in [7, 11) is 0. The second-order valence-electron chi connectivity index (χ2n) is 11.8. The fourth-order valence-corrected chi connectivity index (χ4v) is 4.45. The van der Waals surface area contributed by atoms with Crippen LogP contribution in [0, 0.1) is 0 Å². The van der Waals surface area contributed by atoms with E-state index in [-0.39, 0.29) is 17.4 Å². The van der Waals surface area contributed by atoms with Crippen LogP contribution in [0.1, 0.15) is 102 Å². The topological polar surface area (TPSA) is 134 Å². The Bertz CT molecular complexity index is 1390. The minimum atomic E-state index is -1.17. The molecule has 0 aromatic heterocycles. The van der Waals surface area contributed by atoms with Gasteiger partial charge in [0.25, 0.3) is 17.7 Å². The van der Waals surface area contributed by atoms with Gasteiger partial charge in [-0.25, -0.2) is 4.79 Å². The van der Waals surface area contributed by atoms with E-state index in [0.717, 1.165) is 18.4 Å². The molecule has 44 heavy (non-hydrogen) atoms. The van der Waals surface area contributed by atoms with E-state index in [1.54, 1.807) is 48.5 Å². The summed E-state index contributed by atoms with van der Waals surface area (Å²) in [5.41, 5.74) is 7.40. The minimum Gasteiger partial charge on any atom is -0.494 e. The number of hydrazine groups is 1. The molecule has 1 atom stereocenters. The first-order chi connectivity index (χ1) is 21.0. The van der Waals surface area contributed by atoms with Crippen molar-refractivity contribution in [1.29, 1.82) is 0 Å². The molecule has 0 radical (unpaired) electrons. The molecule has 3 amide bonds. The lowest BCUT2D eigenvalue weighted by molar-refractivity contribution is -0.139. The average Bonchev–Trinajstić information content (AvgIpc) is 3.01. The number of unbranched alkanes of at least 4 members (excludes halogenated alkanes) is 4. The monoisotopic (exact) mass is 601 g/mol. The molecule has 4 N–H and O–H groups in total. The lowest BCUT2D eigenvalue weighted by Gasteiger charge is -2.19. The maximum Gasteiger partial charge on any atom is 0.326 e. The smallest absolute Gasteiger partial charge is 0.326 e. The van der Waals surface area contributed by atoms with Gasteiger partial charge in [-0.2, -0.15) is 0 Å². The normalized spacial score (nSPS) is 11.7. The van der Waals surface area contributed by atoms with Gasteiger partial charge in [0.2, 0.25) is 0 Å². The van der Waals surface area contributed by atoms with Gasteiger partial charge in [-0.15, -0.1) is 0 Å². The van der Waals surface area contributed by atoms with E-state index in [1.165, 1.54) is 31.4 Å². The van der Waals surface area contributed by atoms with Crippen molar-refractivity contribution >= 4 is 23.7 Å². The number of hydrogen-bond acceptors (Lipinski definition) is 5. The zero-order valence-electron chi connectivity index (χ0n) is 25.9. The summed E-state index contributed by atoms with van der Waals surface area (Å²) < 4.78 is 5.72. The van der Waals surface area contributed by atoms with Gasteiger partial charge in [0, 0.05) is 23.1 Å². The van der Waals surface area contributed by atoms with E-state index in [1.807, 2.05) is 12.1 Å². The number of rotatable bonds is 14. The molecule has 9 nitrogen and oxygen atoms in total. The molecule has 0 bridgehead atoms. The van der Waals surface area contributed by atoms with Crippen LogP contribution in [0.25, 0.3) is 0 Å². The van der Waals surface area contributed by atoms with Crippen molar-refractivity contribution in [1.82, 2.24) is 16.2 Å². The van der Waals surface area contributed by atoms with E-state index in [4.69, 9.17) is 4.74 Å². The van der Waals surface area contributed by atoms with Gasteiger partial charge in [0.1, 0.15) is 11.8 Å². The summed E-state index contributed by atoms with van der Waals surface area (Å²) >= 11 is 0. The van der Waals surface area contributed by atoms with Gasteiger partial charge in [-0.3, -0.25) is 25.2 Å². The number of amides is 3. The largest absolute Gasteiger partial charge is 0.494 e. The predicted molar refractivity (Wildman–Crippen MR) is 170 cm³/mol. The van der Waals surface area contributed by atoms with Gasteiger partial charge < -0.3 is 15.2 Å². The molecule has 0 aliphatic rings. The minimum absolute atomic E-state index is 0.0261. The maximum absolute atomic E-state index is 12.7. The first kappa shape index (κ1) is 33.8. The molecular formula is C35H43N3O6. The summed E-state index contributed by atoms with van der Waals surface area (Å²) in [4.78, 5) is 49.7. The summed E-state index contributed by atoms with van der Waals surface area (Å²) in [5, 5.41) is 12.3. The van der Waals surface area contributed by atoms with Gasteiger partial charge >= 0.3 is 5.97 Å². The van der Waals surface area contributed by atoms with Crippen LogP contribution in [0.15, 0.2) is 72.8 Å². The van der Waals surface area contributed by atoms with Gasteiger partial charge in [0.15, 0.2) is 0 Å². The number of aliphatic carboxylic acids is 1. The van der Waals surface area contributed by atoms with Crippen LogP contribution in [-0.4, -0.2) is 41.4 Å². The number of carbonyl (C=O) groups is 4. The van der Waals surface area contributed by atoms with Crippen LogP contribution < -0.4 is 20.9 Å². The molecule has 0 saturated heterocycles. The van der Waals surface area contributed by atoms with Crippen molar-refractivity contribution in [2.75, 3.05) is 6.61 Å². The lowest BCUT2D eigenvalue weighted by atomic mass is 9.86. The van der Waals surface area contributed by atoms with Gasteiger partial charge in [0.05, 0.1) is 6.61 Å². The molecule has 3 aromatic rings. The van der Waals surface area contributed by atoms with Crippen LogP contribution in [0.5, 0.6) is 5.75 Å². The second kappa shape index (κ2) is 16.3. The number of ether oxygens (including phenoxy) is 1. The number of carboxylic acid groups (broad SMARTS) is 1. The third-order valence-corrected chi connectivity index (χ3v) is 7.20.